The summed E-state index contributed by atoms with van der Waals surface area (Å²) in [6.45, 7) is 2.61. The highest BCUT2D eigenvalue weighted by Gasteiger charge is 2.03. The van der Waals surface area contributed by atoms with Gasteiger partial charge in [0.05, 0.1) is 0 Å². The molecule has 2 aromatic carbocycles. The number of aryl methyl sites for hydroxylation is 1. The Balaban J connectivity index is 1.82. The van der Waals surface area contributed by atoms with E-state index in [0.717, 1.165) is 6.42 Å². The lowest BCUT2D eigenvalue weighted by Crippen LogP contribution is -2.30. The van der Waals surface area contributed by atoms with Crippen LogP contribution in [0.15, 0.2) is 42.5 Å². The number of carbonyl (C=O) groups is 1. The molecule has 110 valence electrons. The topological polar surface area (TPSA) is 41.1 Å². The summed E-state index contributed by atoms with van der Waals surface area (Å²) in [5, 5.41) is 6.47. The monoisotopic (exact) mass is 322 g/mol. The predicted octanol–water partition coefficient (Wildman–Crippen LogP) is 4.67. The van der Waals surface area contributed by atoms with Gasteiger partial charge in [0.15, 0.2) is 0 Å². The smallest absolute Gasteiger partial charge is 0.319 e. The second kappa shape index (κ2) is 7.34. The molecule has 0 radical (unpaired) electrons. The van der Waals surface area contributed by atoms with E-state index < -0.39 is 0 Å². The molecular weight excluding hydrogens is 307 g/mol. The fourth-order valence-electron chi connectivity index (χ4n) is 1.99. The molecule has 5 heteroatoms. The van der Waals surface area contributed by atoms with Gasteiger partial charge in [-0.15, -0.1) is 0 Å². The Morgan fingerprint density at radius 3 is 2.48 bits per heavy atom. The van der Waals surface area contributed by atoms with Crippen molar-refractivity contribution < 1.29 is 4.79 Å². The van der Waals surface area contributed by atoms with Crippen molar-refractivity contribution in [1.82, 2.24) is 5.32 Å². The SMILES string of the molecule is Cc1cccc(CCNC(=O)Nc2cc(Cl)cc(Cl)c2)c1. The van der Waals surface area contributed by atoms with Crippen molar-refractivity contribution in [3.8, 4) is 0 Å². The van der Waals surface area contributed by atoms with Gasteiger partial charge in [0.2, 0.25) is 0 Å². The highest BCUT2D eigenvalue weighted by atomic mass is 35.5. The van der Waals surface area contributed by atoms with Crippen LogP contribution < -0.4 is 10.6 Å². The summed E-state index contributed by atoms with van der Waals surface area (Å²) in [4.78, 5) is 11.8. The molecule has 2 rings (SSSR count). The number of hydrogen-bond acceptors (Lipinski definition) is 1. The fraction of sp³-hybridized carbons (Fsp3) is 0.188. The molecule has 0 aromatic heterocycles. The van der Waals surface area contributed by atoms with Crippen molar-refractivity contribution in [2.24, 2.45) is 0 Å². The van der Waals surface area contributed by atoms with E-state index in [-0.39, 0.29) is 6.03 Å². The van der Waals surface area contributed by atoms with Gasteiger partial charge in [0.1, 0.15) is 0 Å². The van der Waals surface area contributed by atoms with E-state index in [4.69, 9.17) is 23.2 Å². The van der Waals surface area contributed by atoms with Crippen molar-refractivity contribution in [1.29, 1.82) is 0 Å². The third-order valence-corrected chi connectivity index (χ3v) is 3.34. The van der Waals surface area contributed by atoms with Gasteiger partial charge in [0.25, 0.3) is 0 Å². The molecule has 0 aliphatic carbocycles. The number of hydrogen-bond donors (Lipinski definition) is 2. The quantitative estimate of drug-likeness (QED) is 0.844. The van der Waals surface area contributed by atoms with Crippen LogP contribution in [0.1, 0.15) is 11.1 Å². The maximum atomic E-state index is 11.8. The van der Waals surface area contributed by atoms with Crippen molar-refractivity contribution in [2.45, 2.75) is 13.3 Å². The van der Waals surface area contributed by atoms with Crippen LogP contribution in [0.3, 0.4) is 0 Å². The number of halogens is 2. The van der Waals surface area contributed by atoms with Crippen molar-refractivity contribution in [3.63, 3.8) is 0 Å². The molecule has 21 heavy (non-hydrogen) atoms. The van der Waals surface area contributed by atoms with Crippen LogP contribution in [-0.2, 0) is 6.42 Å². The third kappa shape index (κ3) is 5.29. The second-order valence-electron chi connectivity index (χ2n) is 4.78. The zero-order valence-corrected chi connectivity index (χ0v) is 13.1. The highest BCUT2D eigenvalue weighted by molar-refractivity contribution is 6.35. The summed E-state index contributed by atoms with van der Waals surface area (Å²) in [5.74, 6) is 0. The van der Waals surface area contributed by atoms with Crippen molar-refractivity contribution >= 4 is 34.9 Å². The Kier molecular flexibility index (Phi) is 5.48. The van der Waals surface area contributed by atoms with Gasteiger partial charge >= 0.3 is 6.03 Å². The first-order chi connectivity index (χ1) is 10.0. The molecule has 2 aromatic rings. The molecule has 0 unspecified atom stereocenters. The summed E-state index contributed by atoms with van der Waals surface area (Å²) in [7, 11) is 0. The zero-order chi connectivity index (χ0) is 15.2. The Morgan fingerprint density at radius 2 is 1.81 bits per heavy atom. The maximum absolute atomic E-state index is 11.8. The molecule has 0 aliphatic rings. The normalized spacial score (nSPS) is 10.2. The van der Waals surface area contributed by atoms with Gasteiger partial charge in [-0.3, -0.25) is 0 Å². The molecule has 0 saturated carbocycles. The minimum atomic E-state index is -0.277. The summed E-state index contributed by atoms with van der Waals surface area (Å²) < 4.78 is 0. The summed E-state index contributed by atoms with van der Waals surface area (Å²) in [6.07, 6.45) is 0.783. The average molecular weight is 323 g/mol. The van der Waals surface area contributed by atoms with E-state index in [2.05, 4.69) is 16.7 Å². The largest absolute Gasteiger partial charge is 0.338 e. The van der Waals surface area contributed by atoms with Gasteiger partial charge in [0, 0.05) is 22.3 Å². The molecule has 0 atom stereocenters. The van der Waals surface area contributed by atoms with Gasteiger partial charge in [-0.05, 0) is 37.1 Å². The van der Waals surface area contributed by atoms with E-state index in [1.807, 2.05) is 25.1 Å². The first-order valence-corrected chi connectivity index (χ1v) is 7.35. The average Bonchev–Trinajstić information content (AvgIpc) is 2.37. The van der Waals surface area contributed by atoms with Gasteiger partial charge in [-0.2, -0.15) is 0 Å². The fourth-order valence-corrected chi connectivity index (χ4v) is 2.52. The molecular formula is C16H16Cl2N2O. The number of rotatable bonds is 4. The molecule has 0 heterocycles. The Hall–Kier alpha value is -1.71. The number of anilines is 1. The van der Waals surface area contributed by atoms with E-state index in [1.54, 1.807) is 18.2 Å². The number of carbonyl (C=O) groups excluding carboxylic acids is 1. The van der Waals surface area contributed by atoms with Crippen molar-refractivity contribution in [3.05, 3.63) is 63.6 Å². The minimum absolute atomic E-state index is 0.277. The van der Waals surface area contributed by atoms with Gasteiger partial charge in [-0.25, -0.2) is 4.79 Å². The van der Waals surface area contributed by atoms with E-state index in [9.17, 15) is 4.79 Å². The van der Waals surface area contributed by atoms with Crippen LogP contribution in [0.25, 0.3) is 0 Å². The zero-order valence-electron chi connectivity index (χ0n) is 11.6. The summed E-state index contributed by atoms with van der Waals surface area (Å²) in [5.41, 5.74) is 2.98. The van der Waals surface area contributed by atoms with Gasteiger partial charge in [-0.1, -0.05) is 53.0 Å². The number of nitrogens with one attached hydrogen (secondary N) is 2. The molecule has 3 nitrogen and oxygen atoms in total. The number of urea groups is 1. The Bertz CT molecular complexity index is 624. The first kappa shape index (κ1) is 15.7. The van der Waals surface area contributed by atoms with Crippen molar-refractivity contribution in [2.75, 3.05) is 11.9 Å². The lowest BCUT2D eigenvalue weighted by atomic mass is 10.1. The third-order valence-electron chi connectivity index (χ3n) is 2.90. The first-order valence-electron chi connectivity index (χ1n) is 6.59. The van der Waals surface area contributed by atoms with E-state index in [0.29, 0.717) is 22.3 Å². The summed E-state index contributed by atoms with van der Waals surface area (Å²) >= 11 is 11.8. The molecule has 0 fully saturated rings. The van der Waals surface area contributed by atoms with Crippen LogP contribution >= 0.6 is 23.2 Å². The summed E-state index contributed by atoms with van der Waals surface area (Å²) in [6, 6.07) is 12.8. The second-order valence-corrected chi connectivity index (χ2v) is 5.65. The van der Waals surface area contributed by atoms with E-state index in [1.165, 1.54) is 11.1 Å². The number of benzene rings is 2. The maximum Gasteiger partial charge on any atom is 0.319 e. The molecule has 0 aliphatic heterocycles. The van der Waals surface area contributed by atoms with Crippen LogP contribution in [0.4, 0.5) is 10.5 Å². The van der Waals surface area contributed by atoms with Crippen LogP contribution in [-0.4, -0.2) is 12.6 Å². The Morgan fingerprint density at radius 1 is 1.10 bits per heavy atom. The lowest BCUT2D eigenvalue weighted by Gasteiger charge is -2.08. The van der Waals surface area contributed by atoms with Crippen LogP contribution in [0.5, 0.6) is 0 Å². The predicted molar refractivity (Wildman–Crippen MR) is 88.4 cm³/mol. The van der Waals surface area contributed by atoms with Crippen LogP contribution in [0, 0.1) is 6.92 Å². The minimum Gasteiger partial charge on any atom is -0.338 e. The van der Waals surface area contributed by atoms with Crippen LogP contribution in [0.2, 0.25) is 10.0 Å². The molecule has 2 amide bonds. The molecule has 0 saturated heterocycles. The molecule has 2 N–H and O–H groups in total. The van der Waals surface area contributed by atoms with E-state index >= 15 is 0 Å². The standard InChI is InChI=1S/C16H16Cl2N2O/c1-11-3-2-4-12(7-11)5-6-19-16(21)20-15-9-13(17)8-14(18)10-15/h2-4,7-10H,5-6H2,1H3,(H2,19,20,21). The highest BCUT2D eigenvalue weighted by Crippen LogP contribution is 2.22. The molecule has 0 spiro atoms. The van der Waals surface area contributed by atoms with Gasteiger partial charge < -0.3 is 10.6 Å². The molecule has 0 bridgehead atoms. The lowest BCUT2D eigenvalue weighted by molar-refractivity contribution is 0.252. The number of amides is 2. The Labute approximate surface area is 134 Å².